The van der Waals surface area contributed by atoms with E-state index in [0.29, 0.717) is 6.54 Å². The Kier molecular flexibility index (Phi) is 3.64. The van der Waals surface area contributed by atoms with Crippen LogP contribution in [0.5, 0.6) is 0 Å². The number of aryl methyl sites for hydroxylation is 2. The third-order valence-electron chi connectivity index (χ3n) is 1.80. The molecule has 0 aliphatic carbocycles. The number of hydrogen-bond acceptors (Lipinski definition) is 3. The Labute approximate surface area is 77.6 Å². The first-order chi connectivity index (χ1) is 6.24. The number of nitrogens with one attached hydrogen (secondary N) is 1. The van der Waals surface area contributed by atoms with Crippen molar-refractivity contribution in [1.29, 1.82) is 0 Å². The highest BCUT2D eigenvalue weighted by Crippen LogP contribution is 1.87. The van der Waals surface area contributed by atoms with Crippen LogP contribution in [0.2, 0.25) is 0 Å². The van der Waals surface area contributed by atoms with Gasteiger partial charge in [-0.05, 0) is 32.5 Å². The van der Waals surface area contributed by atoms with Crippen molar-refractivity contribution in [2.75, 3.05) is 13.6 Å². The fraction of sp³-hybridized carbons (Fsp3) is 0.556. The lowest BCUT2D eigenvalue weighted by Crippen LogP contribution is -2.23. The second-order valence-corrected chi connectivity index (χ2v) is 3.05. The number of nitrogens with zero attached hydrogens (tertiary/aromatic N) is 2. The van der Waals surface area contributed by atoms with E-state index in [1.807, 2.05) is 14.0 Å². The molecule has 0 unspecified atom stereocenters. The molecule has 0 saturated heterocycles. The summed E-state index contributed by atoms with van der Waals surface area (Å²) in [5, 5.41) is 7.05. The normalized spacial score (nSPS) is 10.3. The average Bonchev–Trinajstić information content (AvgIpc) is 2.09. The summed E-state index contributed by atoms with van der Waals surface area (Å²) in [7, 11) is 1.89. The van der Waals surface area contributed by atoms with Crippen LogP contribution in [0.4, 0.5) is 0 Å². The third kappa shape index (κ3) is 2.99. The van der Waals surface area contributed by atoms with Crippen molar-refractivity contribution in [2.24, 2.45) is 0 Å². The van der Waals surface area contributed by atoms with E-state index in [2.05, 4.69) is 10.4 Å². The topological polar surface area (TPSA) is 46.9 Å². The lowest BCUT2D eigenvalue weighted by Gasteiger charge is -2.03. The Bertz CT molecular complexity index is 319. The lowest BCUT2D eigenvalue weighted by molar-refractivity contribution is 0.535. The van der Waals surface area contributed by atoms with Crippen molar-refractivity contribution in [3.05, 3.63) is 28.2 Å². The zero-order chi connectivity index (χ0) is 9.68. The molecule has 4 nitrogen and oxygen atoms in total. The van der Waals surface area contributed by atoms with Crippen molar-refractivity contribution in [3.8, 4) is 0 Å². The van der Waals surface area contributed by atoms with Crippen LogP contribution in [-0.4, -0.2) is 23.4 Å². The van der Waals surface area contributed by atoms with Crippen LogP contribution in [-0.2, 0) is 6.54 Å². The van der Waals surface area contributed by atoms with Crippen LogP contribution in [0, 0.1) is 6.92 Å². The fourth-order valence-electron chi connectivity index (χ4n) is 1.10. The molecule has 0 bridgehead atoms. The molecule has 13 heavy (non-hydrogen) atoms. The highest BCUT2D eigenvalue weighted by Gasteiger charge is 1.95. The van der Waals surface area contributed by atoms with Crippen LogP contribution in [0.15, 0.2) is 17.1 Å². The average molecular weight is 181 g/mol. The first kappa shape index (κ1) is 9.92. The molecule has 0 aromatic carbocycles. The molecule has 0 fully saturated rings. The summed E-state index contributed by atoms with van der Waals surface area (Å²) < 4.78 is 1.49. The van der Waals surface area contributed by atoms with E-state index < -0.39 is 0 Å². The van der Waals surface area contributed by atoms with Crippen LogP contribution in [0.1, 0.15) is 12.0 Å². The highest BCUT2D eigenvalue weighted by atomic mass is 16.1. The molecular formula is C9H15N3O. The maximum Gasteiger partial charge on any atom is 0.266 e. The van der Waals surface area contributed by atoms with E-state index in [0.717, 1.165) is 18.5 Å². The SMILES string of the molecule is CNCCCn1ncc(C)cc1=O. The minimum Gasteiger partial charge on any atom is -0.320 e. The summed E-state index contributed by atoms with van der Waals surface area (Å²) in [6.45, 7) is 3.45. The molecule has 0 spiro atoms. The molecule has 0 atom stereocenters. The molecule has 0 aliphatic heterocycles. The van der Waals surface area contributed by atoms with Gasteiger partial charge in [0.05, 0.1) is 6.20 Å². The van der Waals surface area contributed by atoms with Gasteiger partial charge in [-0.2, -0.15) is 5.10 Å². The molecule has 1 aromatic rings. The molecule has 72 valence electrons. The molecule has 1 aromatic heterocycles. The summed E-state index contributed by atoms with van der Waals surface area (Å²) in [5.41, 5.74) is 0.894. The van der Waals surface area contributed by atoms with Gasteiger partial charge in [0.2, 0.25) is 0 Å². The molecule has 1 heterocycles. The largest absolute Gasteiger partial charge is 0.320 e. The van der Waals surface area contributed by atoms with Crippen molar-refractivity contribution < 1.29 is 0 Å². The van der Waals surface area contributed by atoms with E-state index >= 15 is 0 Å². The van der Waals surface area contributed by atoms with Crippen molar-refractivity contribution in [3.63, 3.8) is 0 Å². The predicted molar refractivity (Wildman–Crippen MR) is 51.8 cm³/mol. The maximum absolute atomic E-state index is 11.3. The Morgan fingerprint density at radius 1 is 1.62 bits per heavy atom. The number of rotatable bonds is 4. The monoisotopic (exact) mass is 181 g/mol. The van der Waals surface area contributed by atoms with Gasteiger partial charge in [-0.1, -0.05) is 0 Å². The number of hydrogen-bond donors (Lipinski definition) is 1. The molecular weight excluding hydrogens is 166 g/mol. The van der Waals surface area contributed by atoms with Gasteiger partial charge >= 0.3 is 0 Å². The van der Waals surface area contributed by atoms with E-state index in [1.54, 1.807) is 12.3 Å². The standard InChI is InChI=1S/C9H15N3O/c1-8-6-9(13)12(11-7-8)5-3-4-10-2/h6-7,10H,3-5H2,1-2H3. The van der Waals surface area contributed by atoms with E-state index in [4.69, 9.17) is 0 Å². The van der Waals surface area contributed by atoms with Gasteiger partial charge in [-0.3, -0.25) is 4.79 Å². The van der Waals surface area contributed by atoms with Gasteiger partial charge in [0.1, 0.15) is 0 Å². The third-order valence-corrected chi connectivity index (χ3v) is 1.80. The van der Waals surface area contributed by atoms with Gasteiger partial charge in [0, 0.05) is 12.6 Å². The van der Waals surface area contributed by atoms with Gasteiger partial charge < -0.3 is 5.32 Å². The molecule has 0 aliphatic rings. The van der Waals surface area contributed by atoms with Gasteiger partial charge in [-0.15, -0.1) is 0 Å². The van der Waals surface area contributed by atoms with E-state index in [1.165, 1.54) is 4.68 Å². The molecule has 1 N–H and O–H groups in total. The zero-order valence-corrected chi connectivity index (χ0v) is 8.08. The first-order valence-corrected chi connectivity index (χ1v) is 4.42. The van der Waals surface area contributed by atoms with Crippen LogP contribution >= 0.6 is 0 Å². The first-order valence-electron chi connectivity index (χ1n) is 4.42. The van der Waals surface area contributed by atoms with E-state index in [9.17, 15) is 4.79 Å². The van der Waals surface area contributed by atoms with E-state index in [-0.39, 0.29) is 5.56 Å². The summed E-state index contributed by atoms with van der Waals surface area (Å²) in [6, 6.07) is 1.60. The Morgan fingerprint density at radius 2 is 2.38 bits per heavy atom. The second-order valence-electron chi connectivity index (χ2n) is 3.05. The van der Waals surface area contributed by atoms with Crippen LogP contribution < -0.4 is 10.9 Å². The Morgan fingerprint density at radius 3 is 3.00 bits per heavy atom. The Balaban J connectivity index is 2.62. The minimum atomic E-state index is -0.0175. The minimum absolute atomic E-state index is 0.0175. The van der Waals surface area contributed by atoms with Crippen molar-refractivity contribution in [2.45, 2.75) is 19.9 Å². The fourth-order valence-corrected chi connectivity index (χ4v) is 1.10. The molecule has 1 rings (SSSR count). The van der Waals surface area contributed by atoms with Gasteiger partial charge in [0.25, 0.3) is 5.56 Å². The molecule has 0 saturated carbocycles. The van der Waals surface area contributed by atoms with Gasteiger partial charge in [-0.25, -0.2) is 4.68 Å². The maximum atomic E-state index is 11.3. The summed E-state index contributed by atoms with van der Waals surface area (Å²) in [4.78, 5) is 11.3. The molecule has 4 heteroatoms. The summed E-state index contributed by atoms with van der Waals surface area (Å²) in [5.74, 6) is 0. The van der Waals surface area contributed by atoms with Gasteiger partial charge in [0.15, 0.2) is 0 Å². The van der Waals surface area contributed by atoms with Crippen LogP contribution in [0.25, 0.3) is 0 Å². The highest BCUT2D eigenvalue weighted by molar-refractivity contribution is 5.02. The predicted octanol–water partition coefficient (Wildman–Crippen LogP) is 0.161. The number of aromatic nitrogens is 2. The summed E-state index contributed by atoms with van der Waals surface area (Å²) in [6.07, 6.45) is 2.63. The molecule has 0 radical (unpaired) electrons. The van der Waals surface area contributed by atoms with Crippen LogP contribution in [0.3, 0.4) is 0 Å². The Hall–Kier alpha value is -1.16. The zero-order valence-electron chi connectivity index (χ0n) is 8.08. The molecule has 0 amide bonds. The lowest BCUT2D eigenvalue weighted by atomic mass is 10.3. The van der Waals surface area contributed by atoms with Crippen molar-refractivity contribution in [1.82, 2.24) is 15.1 Å². The quantitative estimate of drug-likeness (QED) is 0.673. The second kappa shape index (κ2) is 4.77. The summed E-state index contributed by atoms with van der Waals surface area (Å²) >= 11 is 0. The van der Waals surface area contributed by atoms with Crippen molar-refractivity contribution >= 4 is 0 Å². The smallest absolute Gasteiger partial charge is 0.266 e.